The third-order valence-corrected chi connectivity index (χ3v) is 4.48. The van der Waals surface area contributed by atoms with Crippen molar-refractivity contribution in [3.05, 3.63) is 0 Å². The van der Waals surface area contributed by atoms with Gasteiger partial charge in [-0.1, -0.05) is 34.6 Å². The second kappa shape index (κ2) is 9.05. The van der Waals surface area contributed by atoms with Crippen molar-refractivity contribution in [2.75, 3.05) is 26.2 Å². The summed E-state index contributed by atoms with van der Waals surface area (Å²) in [4.78, 5) is 29.1. The summed E-state index contributed by atoms with van der Waals surface area (Å²) in [6, 6.07) is 2.13. The smallest absolute Gasteiger partial charge is 0.227 e. The molecular weight excluding hydrogens is 302 g/mol. The zero-order valence-electron chi connectivity index (χ0n) is 16.0. The van der Waals surface area contributed by atoms with E-state index in [0.29, 0.717) is 32.0 Å². The highest BCUT2D eigenvalue weighted by Crippen LogP contribution is 2.25. The summed E-state index contributed by atoms with van der Waals surface area (Å²) in [6.07, 6.45) is 3.00. The molecule has 5 heteroatoms. The molecule has 0 N–H and O–H groups in total. The van der Waals surface area contributed by atoms with Crippen LogP contribution in [0.1, 0.15) is 60.3 Å². The number of rotatable bonds is 6. The molecule has 1 aliphatic rings. The summed E-state index contributed by atoms with van der Waals surface area (Å²) in [5.74, 6) is 0.617. The summed E-state index contributed by atoms with van der Waals surface area (Å²) in [5, 5.41) is 8.85. The van der Waals surface area contributed by atoms with Crippen LogP contribution in [0.5, 0.6) is 0 Å². The molecule has 0 spiro atoms. The molecule has 1 heterocycles. The third-order valence-electron chi connectivity index (χ3n) is 4.48. The van der Waals surface area contributed by atoms with Crippen LogP contribution in [0.4, 0.5) is 0 Å². The Kier molecular flexibility index (Phi) is 7.72. The summed E-state index contributed by atoms with van der Waals surface area (Å²) < 4.78 is 0. The number of carbonyl (C=O) groups is 2. The largest absolute Gasteiger partial charge is 0.341 e. The minimum Gasteiger partial charge on any atom is -0.341 e. The summed E-state index contributed by atoms with van der Waals surface area (Å²) in [7, 11) is 0. The monoisotopic (exact) mass is 335 g/mol. The van der Waals surface area contributed by atoms with Gasteiger partial charge in [0, 0.05) is 31.6 Å². The predicted molar refractivity (Wildman–Crippen MR) is 95.0 cm³/mol. The molecule has 1 unspecified atom stereocenters. The first-order chi connectivity index (χ1) is 11.2. The van der Waals surface area contributed by atoms with E-state index in [9.17, 15) is 9.59 Å². The van der Waals surface area contributed by atoms with Crippen LogP contribution in [0.25, 0.3) is 0 Å². The molecular formula is C19H33N3O2. The Balaban J connectivity index is 2.74. The number of likely N-dealkylation sites (tertiary alicyclic amines) is 1. The molecule has 0 aromatic rings. The summed E-state index contributed by atoms with van der Waals surface area (Å²) in [5.41, 5.74) is -0.414. The Hall–Kier alpha value is -1.57. The minimum atomic E-state index is -0.414. The van der Waals surface area contributed by atoms with Gasteiger partial charge in [0.15, 0.2) is 0 Å². The van der Waals surface area contributed by atoms with Crippen LogP contribution < -0.4 is 0 Å². The molecule has 0 radical (unpaired) electrons. The van der Waals surface area contributed by atoms with Crippen molar-refractivity contribution in [2.45, 2.75) is 60.3 Å². The van der Waals surface area contributed by atoms with Crippen molar-refractivity contribution in [3.63, 3.8) is 0 Å². The van der Waals surface area contributed by atoms with E-state index < -0.39 is 5.41 Å². The minimum absolute atomic E-state index is 0.109. The maximum Gasteiger partial charge on any atom is 0.227 e. The Bertz CT molecular complexity index is 474. The van der Waals surface area contributed by atoms with E-state index in [1.54, 1.807) is 0 Å². The maximum atomic E-state index is 12.9. The van der Waals surface area contributed by atoms with Gasteiger partial charge in [-0.25, -0.2) is 0 Å². The highest BCUT2D eigenvalue weighted by atomic mass is 16.2. The molecule has 0 aromatic carbocycles. The van der Waals surface area contributed by atoms with Crippen molar-refractivity contribution < 1.29 is 9.59 Å². The Morgan fingerprint density at radius 3 is 2.50 bits per heavy atom. The fourth-order valence-electron chi connectivity index (χ4n) is 3.03. The van der Waals surface area contributed by atoms with E-state index in [0.717, 1.165) is 25.8 Å². The van der Waals surface area contributed by atoms with Crippen molar-refractivity contribution in [2.24, 2.45) is 17.3 Å². The molecule has 0 aromatic heterocycles. The number of hydrogen-bond donors (Lipinski definition) is 0. The molecule has 1 aliphatic heterocycles. The van der Waals surface area contributed by atoms with Gasteiger partial charge < -0.3 is 9.80 Å². The zero-order chi connectivity index (χ0) is 18.3. The quantitative estimate of drug-likeness (QED) is 0.749. The van der Waals surface area contributed by atoms with Crippen molar-refractivity contribution in [1.29, 1.82) is 5.26 Å². The Morgan fingerprint density at radius 1 is 1.29 bits per heavy atom. The zero-order valence-corrected chi connectivity index (χ0v) is 16.0. The van der Waals surface area contributed by atoms with E-state index >= 15 is 0 Å². The lowest BCUT2D eigenvalue weighted by atomic mass is 9.90. The van der Waals surface area contributed by atoms with Crippen LogP contribution in [0.3, 0.4) is 0 Å². The first-order valence-electron chi connectivity index (χ1n) is 9.12. The standard InChI is InChI=1S/C19H33N3O2/c1-15(2)9-13-21(12-7-10-20)17(23)16-8-6-11-22(14-16)18(24)19(3,4)5/h15-16H,6-9,11-14H2,1-5H3. The van der Waals surface area contributed by atoms with Crippen molar-refractivity contribution in [1.82, 2.24) is 9.80 Å². The first kappa shape index (κ1) is 20.5. The van der Waals surface area contributed by atoms with Crippen LogP contribution in [0, 0.1) is 28.6 Å². The molecule has 136 valence electrons. The molecule has 0 bridgehead atoms. The number of nitrogens with zero attached hydrogens (tertiary/aromatic N) is 3. The van der Waals surface area contributed by atoms with E-state index in [4.69, 9.17) is 5.26 Å². The van der Waals surface area contributed by atoms with Gasteiger partial charge in [-0.05, 0) is 25.2 Å². The normalized spacial score (nSPS) is 18.4. The summed E-state index contributed by atoms with van der Waals surface area (Å²) in [6.45, 7) is 12.5. The topological polar surface area (TPSA) is 64.4 Å². The average Bonchev–Trinajstić information content (AvgIpc) is 2.52. The van der Waals surface area contributed by atoms with Crippen LogP contribution >= 0.6 is 0 Å². The number of piperidine rings is 1. The molecule has 0 saturated carbocycles. The van der Waals surface area contributed by atoms with Gasteiger partial charge in [-0.2, -0.15) is 5.26 Å². The Morgan fingerprint density at radius 2 is 1.96 bits per heavy atom. The van der Waals surface area contributed by atoms with E-state index in [2.05, 4.69) is 19.9 Å². The van der Waals surface area contributed by atoms with Crippen LogP contribution in [0.15, 0.2) is 0 Å². The van der Waals surface area contributed by atoms with E-state index in [1.165, 1.54) is 0 Å². The molecule has 2 amide bonds. The molecule has 0 aliphatic carbocycles. The average molecular weight is 335 g/mol. The SMILES string of the molecule is CC(C)CCN(CCC#N)C(=O)C1CCCN(C(=O)C(C)(C)C)C1. The lowest BCUT2D eigenvalue weighted by Gasteiger charge is -2.37. The number of amides is 2. The lowest BCUT2D eigenvalue weighted by Crippen LogP contribution is -2.49. The summed E-state index contributed by atoms with van der Waals surface area (Å²) >= 11 is 0. The van der Waals surface area contributed by atoms with Crippen LogP contribution in [0.2, 0.25) is 0 Å². The number of carbonyl (C=O) groups excluding carboxylic acids is 2. The Labute approximate surface area is 147 Å². The van der Waals surface area contributed by atoms with Gasteiger partial charge in [-0.15, -0.1) is 0 Å². The first-order valence-corrected chi connectivity index (χ1v) is 9.12. The molecule has 1 atom stereocenters. The highest BCUT2D eigenvalue weighted by Gasteiger charge is 2.34. The molecule has 1 rings (SSSR count). The van der Waals surface area contributed by atoms with E-state index in [1.807, 2.05) is 30.6 Å². The van der Waals surface area contributed by atoms with Gasteiger partial charge in [0.25, 0.3) is 0 Å². The fraction of sp³-hybridized carbons (Fsp3) is 0.842. The maximum absolute atomic E-state index is 12.9. The fourth-order valence-corrected chi connectivity index (χ4v) is 3.03. The van der Waals surface area contributed by atoms with Gasteiger partial charge in [0.05, 0.1) is 18.4 Å². The third kappa shape index (κ3) is 6.14. The molecule has 1 saturated heterocycles. The van der Waals surface area contributed by atoms with Crippen molar-refractivity contribution >= 4 is 11.8 Å². The molecule has 24 heavy (non-hydrogen) atoms. The van der Waals surface area contributed by atoms with Crippen LogP contribution in [-0.4, -0.2) is 47.8 Å². The highest BCUT2D eigenvalue weighted by molar-refractivity contribution is 5.84. The van der Waals surface area contributed by atoms with Gasteiger partial charge in [0.1, 0.15) is 0 Å². The van der Waals surface area contributed by atoms with Gasteiger partial charge >= 0.3 is 0 Å². The second-order valence-corrected chi connectivity index (χ2v) is 8.26. The number of nitriles is 1. The molecule has 1 fully saturated rings. The van der Waals surface area contributed by atoms with Crippen LogP contribution in [-0.2, 0) is 9.59 Å². The van der Waals surface area contributed by atoms with Gasteiger partial charge in [0.2, 0.25) is 11.8 Å². The van der Waals surface area contributed by atoms with Crippen molar-refractivity contribution in [3.8, 4) is 6.07 Å². The van der Waals surface area contributed by atoms with E-state index in [-0.39, 0.29) is 17.7 Å². The predicted octanol–water partition coefficient (Wildman–Crippen LogP) is 3.06. The number of hydrogen-bond acceptors (Lipinski definition) is 3. The molecule has 5 nitrogen and oxygen atoms in total. The van der Waals surface area contributed by atoms with Gasteiger partial charge in [-0.3, -0.25) is 9.59 Å². The second-order valence-electron chi connectivity index (χ2n) is 8.26. The lowest BCUT2D eigenvalue weighted by molar-refractivity contribution is -0.145.